The zero-order chi connectivity index (χ0) is 30.6. The van der Waals surface area contributed by atoms with E-state index in [1.807, 2.05) is 20.8 Å². The Hall–Kier alpha value is -1.67. The van der Waals surface area contributed by atoms with Gasteiger partial charge in [-0.1, -0.05) is 103 Å². The highest BCUT2D eigenvalue weighted by molar-refractivity contribution is 5.83. The molecule has 1 saturated carbocycles. The lowest BCUT2D eigenvalue weighted by Gasteiger charge is -2.31. The second kappa shape index (κ2) is 20.3. The average molecular weight is 584 g/mol. The topological polar surface area (TPSA) is 111 Å². The second-order valence-corrected chi connectivity index (χ2v) is 13.0. The summed E-state index contributed by atoms with van der Waals surface area (Å²) in [5, 5.41) is 11.6. The summed E-state index contributed by atoms with van der Waals surface area (Å²) in [6.07, 6.45) is 21.7. The first-order valence-electron chi connectivity index (χ1n) is 16.4. The molecule has 0 bridgehead atoms. The lowest BCUT2D eigenvalue weighted by Crippen LogP contribution is -2.43. The molecule has 0 saturated heterocycles. The van der Waals surface area contributed by atoms with Crippen LogP contribution >= 0.6 is 0 Å². The maximum Gasteiger partial charge on any atom is 0.332 e. The van der Waals surface area contributed by atoms with Crippen molar-refractivity contribution in [3.63, 3.8) is 0 Å². The van der Waals surface area contributed by atoms with E-state index in [9.17, 15) is 19.5 Å². The van der Waals surface area contributed by atoms with Gasteiger partial charge in [0.05, 0.1) is 23.2 Å². The van der Waals surface area contributed by atoms with E-state index in [4.69, 9.17) is 14.2 Å². The molecule has 1 aliphatic rings. The Morgan fingerprint density at radius 1 is 0.854 bits per heavy atom. The molecule has 8 nitrogen and oxygen atoms in total. The number of carbonyl (C=O) groups is 3. The molecule has 2 N–H and O–H groups in total. The van der Waals surface area contributed by atoms with Crippen molar-refractivity contribution in [1.82, 2.24) is 5.32 Å². The first-order valence-corrected chi connectivity index (χ1v) is 16.4. The van der Waals surface area contributed by atoms with Crippen molar-refractivity contribution in [3.05, 3.63) is 0 Å². The first kappa shape index (κ1) is 37.4. The molecular weight excluding hydrogens is 522 g/mol. The van der Waals surface area contributed by atoms with Crippen LogP contribution in [-0.4, -0.2) is 60.5 Å². The van der Waals surface area contributed by atoms with Gasteiger partial charge in [0, 0.05) is 6.61 Å². The molecule has 0 aromatic carbocycles. The molecule has 41 heavy (non-hydrogen) atoms. The average Bonchev–Trinajstić information content (AvgIpc) is 3.47. The quantitative estimate of drug-likeness (QED) is 0.0622. The van der Waals surface area contributed by atoms with Crippen LogP contribution in [0.2, 0.25) is 0 Å². The van der Waals surface area contributed by atoms with E-state index < -0.39 is 34.6 Å². The largest absolute Gasteiger partial charge is 0.464 e. The molecule has 8 heteroatoms. The molecule has 0 aromatic heterocycles. The minimum atomic E-state index is -1.04. The summed E-state index contributed by atoms with van der Waals surface area (Å²) >= 11 is 0. The Bertz CT molecular complexity index is 743. The number of esters is 2. The molecule has 0 radical (unpaired) electrons. The van der Waals surface area contributed by atoms with Gasteiger partial charge in [-0.2, -0.15) is 0 Å². The van der Waals surface area contributed by atoms with Crippen LogP contribution in [0, 0.1) is 5.41 Å². The Morgan fingerprint density at radius 2 is 1.34 bits per heavy atom. The monoisotopic (exact) mass is 583 g/mol. The lowest BCUT2D eigenvalue weighted by atomic mass is 10.0. The summed E-state index contributed by atoms with van der Waals surface area (Å²) in [7, 11) is 0. The maximum absolute atomic E-state index is 12.8. The number of hydrogen-bond acceptors (Lipinski definition) is 7. The van der Waals surface area contributed by atoms with E-state index in [0.29, 0.717) is 19.3 Å². The summed E-state index contributed by atoms with van der Waals surface area (Å²) in [5.41, 5.74) is -2.16. The van der Waals surface area contributed by atoms with Crippen molar-refractivity contribution in [3.8, 4) is 0 Å². The second-order valence-electron chi connectivity index (χ2n) is 13.0. The van der Waals surface area contributed by atoms with Gasteiger partial charge < -0.3 is 24.6 Å². The fraction of sp³-hybridized carbons (Fsp3) is 0.909. The Morgan fingerprint density at radius 3 is 1.80 bits per heavy atom. The molecule has 0 aromatic rings. The zero-order valence-electron chi connectivity index (χ0n) is 26.9. The number of rotatable bonds is 27. The molecule has 1 amide bonds. The van der Waals surface area contributed by atoms with Gasteiger partial charge in [0.15, 0.2) is 6.04 Å². The van der Waals surface area contributed by atoms with Crippen molar-refractivity contribution in [2.45, 2.75) is 167 Å². The Balaban J connectivity index is 2.13. The van der Waals surface area contributed by atoms with Crippen LogP contribution in [0.15, 0.2) is 0 Å². The molecule has 0 spiro atoms. The van der Waals surface area contributed by atoms with Gasteiger partial charge in [0.25, 0.3) is 0 Å². The fourth-order valence-electron chi connectivity index (χ4n) is 5.51. The predicted octanol–water partition coefficient (Wildman–Crippen LogP) is 6.80. The number of ether oxygens (including phenoxy) is 3. The highest BCUT2D eigenvalue weighted by Crippen LogP contribution is 2.60. The van der Waals surface area contributed by atoms with Crippen LogP contribution in [0.25, 0.3) is 0 Å². The summed E-state index contributed by atoms with van der Waals surface area (Å²) in [5.74, 6) is -1.09. The summed E-state index contributed by atoms with van der Waals surface area (Å²) < 4.78 is 16.9. The molecule has 240 valence electrons. The predicted molar refractivity (Wildman–Crippen MR) is 162 cm³/mol. The molecule has 1 aliphatic carbocycles. The minimum Gasteiger partial charge on any atom is -0.464 e. The molecule has 1 rings (SSSR count). The fourth-order valence-corrected chi connectivity index (χ4v) is 5.51. The van der Waals surface area contributed by atoms with Crippen LogP contribution in [-0.2, 0) is 28.6 Å². The third-order valence-electron chi connectivity index (χ3n) is 8.58. The number of aliphatic hydroxyl groups excluding tert-OH is 1. The van der Waals surface area contributed by atoms with Gasteiger partial charge >= 0.3 is 11.9 Å². The third-order valence-corrected chi connectivity index (χ3v) is 8.58. The van der Waals surface area contributed by atoms with Gasteiger partial charge in [-0.05, 0) is 47.0 Å². The van der Waals surface area contributed by atoms with Crippen molar-refractivity contribution < 1.29 is 33.7 Å². The molecule has 0 heterocycles. The van der Waals surface area contributed by atoms with Crippen molar-refractivity contribution in [2.75, 3.05) is 19.8 Å². The van der Waals surface area contributed by atoms with E-state index in [1.165, 1.54) is 83.5 Å². The van der Waals surface area contributed by atoms with E-state index >= 15 is 0 Å². The molecule has 1 fully saturated rings. The lowest BCUT2D eigenvalue weighted by molar-refractivity contribution is -0.162. The number of hydrogen-bond donors (Lipinski definition) is 2. The van der Waals surface area contributed by atoms with Gasteiger partial charge in [0.1, 0.15) is 6.61 Å². The summed E-state index contributed by atoms with van der Waals surface area (Å²) in [6, 6.07) is -1.04. The van der Waals surface area contributed by atoms with Crippen LogP contribution in [0.3, 0.4) is 0 Å². The van der Waals surface area contributed by atoms with Crippen LogP contribution in [0.1, 0.15) is 150 Å². The highest BCUT2D eigenvalue weighted by atomic mass is 16.6. The smallest absolute Gasteiger partial charge is 0.332 e. The van der Waals surface area contributed by atoms with Gasteiger partial charge in [-0.15, -0.1) is 0 Å². The number of nitrogens with one attached hydrogen (secondary N) is 1. The van der Waals surface area contributed by atoms with Gasteiger partial charge in [-0.25, -0.2) is 4.79 Å². The van der Waals surface area contributed by atoms with Crippen LogP contribution in [0.5, 0.6) is 0 Å². The number of carbonyl (C=O) groups excluding carboxylic acids is 3. The molecular formula is C33H61NO7. The first-order chi connectivity index (χ1) is 19.5. The maximum atomic E-state index is 12.8. The van der Waals surface area contributed by atoms with Crippen molar-refractivity contribution in [2.24, 2.45) is 5.41 Å². The summed E-state index contributed by atoms with van der Waals surface area (Å²) in [4.78, 5) is 36.3. The van der Waals surface area contributed by atoms with E-state index in [0.717, 1.165) is 19.3 Å². The Kier molecular flexibility index (Phi) is 18.5. The zero-order valence-corrected chi connectivity index (χ0v) is 26.9. The molecule has 3 atom stereocenters. The summed E-state index contributed by atoms with van der Waals surface area (Å²) in [6.45, 7) is 9.61. The van der Waals surface area contributed by atoms with Gasteiger partial charge in [-0.3, -0.25) is 9.59 Å². The molecule has 3 unspecified atom stereocenters. The number of aliphatic hydroxyl groups is 1. The minimum absolute atomic E-state index is 0.00909. The van der Waals surface area contributed by atoms with Gasteiger partial charge in [0.2, 0.25) is 6.41 Å². The Labute approximate surface area is 250 Å². The van der Waals surface area contributed by atoms with E-state index in [-0.39, 0.29) is 19.8 Å². The standard InChI is InChI=1S/C33H61NO7/c1-6-7-8-9-10-11-12-13-14-15-16-17-18-19-20-21-24-39-29(37)28(34-27-36)25-40-30(38)32(4)26-33(32,5)41-31(2,3)22-23-35/h27-28,35H,6-26H2,1-5H3,(H,34,36). The van der Waals surface area contributed by atoms with E-state index in [2.05, 4.69) is 12.2 Å². The highest BCUT2D eigenvalue weighted by Gasteiger charge is 2.69. The van der Waals surface area contributed by atoms with E-state index in [1.54, 1.807) is 6.92 Å². The SMILES string of the molecule is CCCCCCCCCCCCCCCCCCOC(=O)C(COC(=O)C1(C)CC1(C)OC(C)(C)CCO)NC=O. The number of unbranched alkanes of at least 4 members (excludes halogenated alkanes) is 15. The van der Waals surface area contributed by atoms with Crippen LogP contribution in [0.4, 0.5) is 0 Å². The normalized spacial score (nSPS) is 20.8. The number of amides is 1. The van der Waals surface area contributed by atoms with Crippen molar-refractivity contribution >= 4 is 18.3 Å². The van der Waals surface area contributed by atoms with Crippen LogP contribution < -0.4 is 5.32 Å². The van der Waals surface area contributed by atoms with Crippen molar-refractivity contribution in [1.29, 1.82) is 0 Å². The third kappa shape index (κ3) is 14.9. The molecule has 0 aliphatic heterocycles.